The van der Waals surface area contributed by atoms with E-state index in [0.717, 1.165) is 39.3 Å². The van der Waals surface area contributed by atoms with Gasteiger partial charge in [0.05, 0.1) is 0 Å². The van der Waals surface area contributed by atoms with Gasteiger partial charge in [0.15, 0.2) is 0 Å². The Kier molecular flexibility index (Phi) is 10.8. The van der Waals surface area contributed by atoms with Crippen LogP contribution < -0.4 is 0 Å². The predicted molar refractivity (Wildman–Crippen MR) is 106 cm³/mol. The molecule has 2 aromatic rings. The quantitative estimate of drug-likeness (QED) is 0.669. The average Bonchev–Trinajstić information content (AvgIpc) is 2.66. The first-order valence-electron chi connectivity index (χ1n) is 9.25. The van der Waals surface area contributed by atoms with Gasteiger partial charge in [-0.3, -0.25) is 9.80 Å². The Balaban J connectivity index is 0.000000240. The van der Waals surface area contributed by atoms with Crippen LogP contribution in [0.15, 0.2) is 60.7 Å². The van der Waals surface area contributed by atoms with Gasteiger partial charge in [0.25, 0.3) is 0 Å². The lowest BCUT2D eigenvalue weighted by Gasteiger charge is -2.17. The minimum atomic E-state index is 1.08. The summed E-state index contributed by atoms with van der Waals surface area (Å²) in [5, 5.41) is 0. The number of benzene rings is 2. The van der Waals surface area contributed by atoms with Crippen LogP contribution in [0.2, 0.25) is 0 Å². The van der Waals surface area contributed by atoms with Crippen LogP contribution in [0, 0.1) is 0 Å². The Bertz CT molecular complexity index is 453. The molecule has 0 aliphatic carbocycles. The molecule has 2 rings (SSSR count). The fraction of sp³-hybridized carbons (Fsp3) is 0.455. The molecule has 24 heavy (non-hydrogen) atoms. The zero-order valence-corrected chi connectivity index (χ0v) is 15.9. The van der Waals surface area contributed by atoms with Crippen molar-refractivity contribution in [3.8, 4) is 0 Å². The first kappa shape index (κ1) is 20.4. The number of hydrogen-bond donors (Lipinski definition) is 0. The van der Waals surface area contributed by atoms with Crippen molar-refractivity contribution in [1.82, 2.24) is 9.80 Å². The highest BCUT2D eigenvalue weighted by Crippen LogP contribution is 2.03. The van der Waals surface area contributed by atoms with Gasteiger partial charge >= 0.3 is 0 Å². The molecular weight excluding hydrogens is 292 g/mol. The summed E-state index contributed by atoms with van der Waals surface area (Å²) in [6.45, 7) is 15.5. The van der Waals surface area contributed by atoms with Crippen LogP contribution in [0.3, 0.4) is 0 Å². The van der Waals surface area contributed by atoms with Gasteiger partial charge in [-0.1, -0.05) is 88.4 Å². The molecular formula is C22H34N2. The first-order valence-corrected chi connectivity index (χ1v) is 9.25. The Hall–Kier alpha value is -1.64. The largest absolute Gasteiger partial charge is 0.300 e. The molecule has 0 fully saturated rings. The van der Waals surface area contributed by atoms with Crippen molar-refractivity contribution in [1.29, 1.82) is 0 Å². The van der Waals surface area contributed by atoms with E-state index >= 15 is 0 Å². The SMILES string of the molecule is CCN(CC)Cc1ccccc1.CCN(CC)Cc1ccccc1. The molecule has 0 aromatic heterocycles. The Morgan fingerprint density at radius 3 is 1.04 bits per heavy atom. The van der Waals surface area contributed by atoms with Gasteiger partial charge in [0, 0.05) is 13.1 Å². The highest BCUT2D eigenvalue weighted by atomic mass is 15.1. The van der Waals surface area contributed by atoms with Crippen molar-refractivity contribution in [2.45, 2.75) is 40.8 Å². The topological polar surface area (TPSA) is 6.48 Å². The predicted octanol–water partition coefficient (Wildman–Crippen LogP) is 5.06. The van der Waals surface area contributed by atoms with Crippen molar-refractivity contribution < 1.29 is 0 Å². The van der Waals surface area contributed by atoms with E-state index in [1.807, 2.05) is 0 Å². The maximum absolute atomic E-state index is 2.41. The van der Waals surface area contributed by atoms with Gasteiger partial charge in [-0.2, -0.15) is 0 Å². The molecule has 0 spiro atoms. The molecule has 0 aliphatic rings. The number of hydrogen-bond acceptors (Lipinski definition) is 2. The third-order valence-electron chi connectivity index (χ3n) is 4.29. The second-order valence-electron chi connectivity index (χ2n) is 5.89. The van der Waals surface area contributed by atoms with E-state index in [9.17, 15) is 0 Å². The van der Waals surface area contributed by atoms with E-state index in [1.165, 1.54) is 11.1 Å². The second kappa shape index (κ2) is 12.7. The second-order valence-corrected chi connectivity index (χ2v) is 5.89. The summed E-state index contributed by atoms with van der Waals surface area (Å²) in [7, 11) is 0. The first-order chi connectivity index (χ1) is 11.7. The molecule has 132 valence electrons. The molecule has 0 aliphatic heterocycles. The van der Waals surface area contributed by atoms with Crippen molar-refractivity contribution in [2.75, 3.05) is 26.2 Å². The van der Waals surface area contributed by atoms with E-state index in [1.54, 1.807) is 0 Å². The number of rotatable bonds is 8. The summed E-state index contributed by atoms with van der Waals surface area (Å²) in [5.74, 6) is 0. The molecule has 0 bridgehead atoms. The lowest BCUT2D eigenvalue weighted by molar-refractivity contribution is 0.296. The third-order valence-corrected chi connectivity index (χ3v) is 4.29. The van der Waals surface area contributed by atoms with Gasteiger partial charge in [0.2, 0.25) is 0 Å². The molecule has 2 nitrogen and oxygen atoms in total. The van der Waals surface area contributed by atoms with Crippen molar-refractivity contribution >= 4 is 0 Å². The van der Waals surface area contributed by atoms with Crippen LogP contribution in [0.25, 0.3) is 0 Å². The van der Waals surface area contributed by atoms with Gasteiger partial charge < -0.3 is 0 Å². The van der Waals surface area contributed by atoms with Gasteiger partial charge in [0.1, 0.15) is 0 Å². The maximum Gasteiger partial charge on any atom is 0.0233 e. The molecule has 2 aromatic carbocycles. The Morgan fingerprint density at radius 2 is 0.792 bits per heavy atom. The van der Waals surface area contributed by atoms with E-state index in [-0.39, 0.29) is 0 Å². The average molecular weight is 327 g/mol. The van der Waals surface area contributed by atoms with E-state index in [0.29, 0.717) is 0 Å². The van der Waals surface area contributed by atoms with Crippen LogP contribution >= 0.6 is 0 Å². The van der Waals surface area contributed by atoms with Crippen LogP contribution in [-0.4, -0.2) is 36.0 Å². The fourth-order valence-corrected chi connectivity index (χ4v) is 2.58. The summed E-state index contributed by atoms with van der Waals surface area (Å²) in [6, 6.07) is 21.2. The van der Waals surface area contributed by atoms with Gasteiger partial charge in [-0.05, 0) is 37.3 Å². The normalized spacial score (nSPS) is 10.6. The van der Waals surface area contributed by atoms with Crippen molar-refractivity contribution in [2.24, 2.45) is 0 Å². The van der Waals surface area contributed by atoms with E-state index in [4.69, 9.17) is 0 Å². The fourth-order valence-electron chi connectivity index (χ4n) is 2.58. The van der Waals surface area contributed by atoms with Crippen LogP contribution in [0.4, 0.5) is 0 Å². The summed E-state index contributed by atoms with van der Waals surface area (Å²) < 4.78 is 0. The summed E-state index contributed by atoms with van der Waals surface area (Å²) >= 11 is 0. The van der Waals surface area contributed by atoms with E-state index < -0.39 is 0 Å². The van der Waals surface area contributed by atoms with Gasteiger partial charge in [-0.25, -0.2) is 0 Å². The Labute approximate surface area is 149 Å². The maximum atomic E-state index is 2.41. The standard InChI is InChI=1S/2C11H17N/c2*1-3-12(4-2)10-11-8-6-5-7-9-11/h2*5-9H,3-4,10H2,1-2H3. The van der Waals surface area contributed by atoms with Crippen LogP contribution in [-0.2, 0) is 13.1 Å². The monoisotopic (exact) mass is 326 g/mol. The molecule has 0 unspecified atom stereocenters. The molecule has 0 amide bonds. The molecule has 0 N–H and O–H groups in total. The molecule has 0 atom stereocenters. The smallest absolute Gasteiger partial charge is 0.0233 e. The summed E-state index contributed by atoms with van der Waals surface area (Å²) in [4.78, 5) is 4.82. The lowest BCUT2D eigenvalue weighted by atomic mass is 10.2. The zero-order valence-electron chi connectivity index (χ0n) is 15.9. The van der Waals surface area contributed by atoms with E-state index in [2.05, 4.69) is 98.2 Å². The number of nitrogens with zero attached hydrogens (tertiary/aromatic N) is 2. The minimum Gasteiger partial charge on any atom is -0.300 e. The molecule has 0 saturated carbocycles. The Morgan fingerprint density at radius 1 is 0.500 bits per heavy atom. The van der Waals surface area contributed by atoms with Crippen LogP contribution in [0.1, 0.15) is 38.8 Å². The molecule has 0 heterocycles. The van der Waals surface area contributed by atoms with Crippen molar-refractivity contribution in [3.05, 3.63) is 71.8 Å². The van der Waals surface area contributed by atoms with Gasteiger partial charge in [-0.15, -0.1) is 0 Å². The van der Waals surface area contributed by atoms with Crippen LogP contribution in [0.5, 0.6) is 0 Å². The van der Waals surface area contributed by atoms with Crippen molar-refractivity contribution in [3.63, 3.8) is 0 Å². The third kappa shape index (κ3) is 8.28. The minimum absolute atomic E-state index is 1.08. The molecule has 2 heteroatoms. The summed E-state index contributed by atoms with van der Waals surface area (Å²) in [5.41, 5.74) is 2.81. The molecule has 0 radical (unpaired) electrons. The highest BCUT2D eigenvalue weighted by Gasteiger charge is 1.99. The highest BCUT2D eigenvalue weighted by molar-refractivity contribution is 5.15. The zero-order chi connectivity index (χ0) is 17.6. The molecule has 0 saturated heterocycles. The lowest BCUT2D eigenvalue weighted by Crippen LogP contribution is -2.21. The summed E-state index contributed by atoms with van der Waals surface area (Å²) in [6.07, 6.45) is 0.